The average molecular weight is 290 g/mol. The van der Waals surface area contributed by atoms with E-state index in [1.165, 1.54) is 13.0 Å². The molecule has 3 heterocycles. The fourth-order valence-corrected chi connectivity index (χ4v) is 3.26. The van der Waals surface area contributed by atoms with Crippen molar-refractivity contribution in [3.05, 3.63) is 36.5 Å². The van der Waals surface area contributed by atoms with Crippen LogP contribution in [0.3, 0.4) is 0 Å². The number of hydrogen-bond acceptors (Lipinski definition) is 5. The molecular weight excluding hydrogens is 272 g/mol. The van der Waals surface area contributed by atoms with Crippen LogP contribution in [0.15, 0.2) is 36.5 Å². The summed E-state index contributed by atoms with van der Waals surface area (Å²) in [6, 6.07) is 0. The number of carbonyl (C=O) groups excluding carboxylic acids is 2. The van der Waals surface area contributed by atoms with Crippen LogP contribution in [-0.2, 0) is 23.8 Å². The molecule has 2 bridgehead atoms. The predicted molar refractivity (Wildman–Crippen MR) is 74.2 cm³/mol. The fraction of sp³-hybridized carbons (Fsp3) is 0.500. The third-order valence-corrected chi connectivity index (χ3v) is 4.21. The van der Waals surface area contributed by atoms with Gasteiger partial charge in [0.1, 0.15) is 6.10 Å². The minimum atomic E-state index is -0.561. The molecule has 0 N–H and O–H groups in total. The second kappa shape index (κ2) is 5.48. The Morgan fingerprint density at radius 2 is 1.90 bits per heavy atom. The molecule has 0 aromatic carbocycles. The molecule has 1 fully saturated rings. The van der Waals surface area contributed by atoms with Crippen LogP contribution in [0.5, 0.6) is 0 Å². The highest BCUT2D eigenvalue weighted by molar-refractivity contribution is 5.83. The van der Waals surface area contributed by atoms with Crippen molar-refractivity contribution in [2.75, 3.05) is 0 Å². The lowest BCUT2D eigenvalue weighted by molar-refractivity contribution is -0.168. The summed E-state index contributed by atoms with van der Waals surface area (Å²) >= 11 is 0. The monoisotopic (exact) mass is 290 g/mol. The number of cyclic esters (lactones) is 1. The molecule has 0 radical (unpaired) electrons. The summed E-state index contributed by atoms with van der Waals surface area (Å²) in [5.74, 6) is -0.683. The number of ether oxygens (including phenoxy) is 3. The lowest BCUT2D eigenvalue weighted by atomic mass is 9.80. The van der Waals surface area contributed by atoms with Crippen LogP contribution < -0.4 is 0 Å². The molecule has 5 nitrogen and oxygen atoms in total. The van der Waals surface area contributed by atoms with Crippen LogP contribution in [0, 0.1) is 11.8 Å². The highest BCUT2D eigenvalue weighted by Crippen LogP contribution is 2.40. The summed E-state index contributed by atoms with van der Waals surface area (Å²) in [5.41, 5.74) is 0. The summed E-state index contributed by atoms with van der Waals surface area (Å²) in [7, 11) is 0. The van der Waals surface area contributed by atoms with Gasteiger partial charge < -0.3 is 14.2 Å². The third-order valence-electron chi connectivity index (χ3n) is 4.21. The van der Waals surface area contributed by atoms with Gasteiger partial charge in [0.2, 0.25) is 0 Å². The summed E-state index contributed by atoms with van der Waals surface area (Å²) in [5, 5.41) is 0. The second-order valence-electron chi connectivity index (χ2n) is 5.61. The lowest BCUT2D eigenvalue weighted by Crippen LogP contribution is -2.46. The molecule has 5 heteroatoms. The highest BCUT2D eigenvalue weighted by Gasteiger charge is 2.49. The zero-order chi connectivity index (χ0) is 15.0. The molecule has 112 valence electrons. The van der Waals surface area contributed by atoms with E-state index in [1.54, 1.807) is 6.08 Å². The minimum Gasteiger partial charge on any atom is -0.454 e. The standard InChI is InChI=1S/C16H18O5/c1-9-11-5-3-4-6-12(20-11)15(9)16-13(19-10(2)17)7-8-14(18)21-16/h3-9,11-13,15-16H,1-2H3. The number of fused-ring (bicyclic) bond motifs is 2. The van der Waals surface area contributed by atoms with Gasteiger partial charge in [-0.05, 0) is 12.0 Å². The average Bonchev–Trinajstić information content (AvgIpc) is 2.61. The molecule has 0 amide bonds. The van der Waals surface area contributed by atoms with Crippen LogP contribution >= 0.6 is 0 Å². The van der Waals surface area contributed by atoms with Crippen molar-refractivity contribution >= 4 is 11.9 Å². The topological polar surface area (TPSA) is 61.8 Å². The Morgan fingerprint density at radius 1 is 1.19 bits per heavy atom. The van der Waals surface area contributed by atoms with Crippen LogP contribution in [0.2, 0.25) is 0 Å². The van der Waals surface area contributed by atoms with Gasteiger partial charge in [0, 0.05) is 18.9 Å². The Morgan fingerprint density at radius 3 is 2.62 bits per heavy atom. The summed E-state index contributed by atoms with van der Waals surface area (Å²) < 4.78 is 16.7. The first-order valence-electron chi connectivity index (χ1n) is 7.13. The van der Waals surface area contributed by atoms with Crippen molar-refractivity contribution in [2.45, 2.75) is 38.3 Å². The van der Waals surface area contributed by atoms with E-state index in [0.29, 0.717) is 0 Å². The van der Waals surface area contributed by atoms with E-state index in [-0.39, 0.29) is 24.0 Å². The number of allylic oxidation sites excluding steroid dienone is 2. The van der Waals surface area contributed by atoms with Crippen LogP contribution in [0.25, 0.3) is 0 Å². The molecule has 0 spiro atoms. The van der Waals surface area contributed by atoms with Gasteiger partial charge in [-0.25, -0.2) is 4.79 Å². The van der Waals surface area contributed by atoms with E-state index >= 15 is 0 Å². The van der Waals surface area contributed by atoms with E-state index in [9.17, 15) is 9.59 Å². The van der Waals surface area contributed by atoms with Crippen molar-refractivity contribution < 1.29 is 23.8 Å². The van der Waals surface area contributed by atoms with Gasteiger partial charge in [0.15, 0.2) is 6.10 Å². The molecule has 0 aromatic rings. The largest absolute Gasteiger partial charge is 0.454 e. The van der Waals surface area contributed by atoms with Gasteiger partial charge in [-0.1, -0.05) is 31.2 Å². The van der Waals surface area contributed by atoms with Crippen molar-refractivity contribution in [3.63, 3.8) is 0 Å². The SMILES string of the molecule is CC(=O)OC1C=CC(=O)OC1C1C2C=CC=CC(O2)C1C. The van der Waals surface area contributed by atoms with Crippen LogP contribution in [0.1, 0.15) is 13.8 Å². The molecule has 0 aromatic heterocycles. The van der Waals surface area contributed by atoms with Gasteiger partial charge in [-0.3, -0.25) is 4.79 Å². The minimum absolute atomic E-state index is 0.0161. The molecule has 0 aliphatic carbocycles. The highest BCUT2D eigenvalue weighted by atomic mass is 16.6. The van der Waals surface area contributed by atoms with Gasteiger partial charge in [0.05, 0.1) is 12.2 Å². The van der Waals surface area contributed by atoms with Crippen molar-refractivity contribution in [1.29, 1.82) is 0 Å². The Hall–Kier alpha value is -1.88. The first-order valence-corrected chi connectivity index (χ1v) is 7.13. The maximum atomic E-state index is 11.6. The van der Waals surface area contributed by atoms with E-state index in [4.69, 9.17) is 14.2 Å². The Bertz CT molecular complexity index is 533. The smallest absolute Gasteiger partial charge is 0.330 e. The number of esters is 2. The van der Waals surface area contributed by atoms with Crippen LogP contribution in [-0.4, -0.2) is 36.4 Å². The van der Waals surface area contributed by atoms with Crippen LogP contribution in [0.4, 0.5) is 0 Å². The quantitative estimate of drug-likeness (QED) is 0.722. The van der Waals surface area contributed by atoms with E-state index < -0.39 is 24.1 Å². The molecule has 1 saturated heterocycles. The third kappa shape index (κ3) is 2.65. The lowest BCUT2D eigenvalue weighted by Gasteiger charge is -2.34. The maximum absolute atomic E-state index is 11.6. The fourth-order valence-electron chi connectivity index (χ4n) is 3.26. The molecule has 3 aliphatic rings. The van der Waals surface area contributed by atoms with E-state index in [1.807, 2.05) is 24.3 Å². The summed E-state index contributed by atoms with van der Waals surface area (Å²) in [6.07, 6.45) is 9.52. The summed E-state index contributed by atoms with van der Waals surface area (Å²) in [4.78, 5) is 22.9. The maximum Gasteiger partial charge on any atom is 0.330 e. The number of rotatable bonds is 2. The van der Waals surface area contributed by atoms with Gasteiger partial charge in [-0.15, -0.1) is 0 Å². The van der Waals surface area contributed by atoms with Crippen molar-refractivity contribution in [3.8, 4) is 0 Å². The van der Waals surface area contributed by atoms with Gasteiger partial charge >= 0.3 is 11.9 Å². The zero-order valence-corrected chi connectivity index (χ0v) is 12.0. The normalized spacial score (nSPS) is 40.8. The van der Waals surface area contributed by atoms with Crippen molar-refractivity contribution in [2.24, 2.45) is 11.8 Å². The Kier molecular flexibility index (Phi) is 3.68. The molecule has 6 atom stereocenters. The molecule has 21 heavy (non-hydrogen) atoms. The molecule has 3 rings (SSSR count). The van der Waals surface area contributed by atoms with Gasteiger partial charge in [-0.2, -0.15) is 0 Å². The Balaban J connectivity index is 1.88. The molecule has 6 unspecified atom stereocenters. The number of hydrogen-bond donors (Lipinski definition) is 0. The zero-order valence-electron chi connectivity index (χ0n) is 12.0. The van der Waals surface area contributed by atoms with E-state index in [0.717, 1.165) is 0 Å². The number of carbonyl (C=O) groups is 2. The molecule has 0 saturated carbocycles. The predicted octanol–water partition coefficient (Wildman–Crippen LogP) is 1.55. The van der Waals surface area contributed by atoms with Gasteiger partial charge in [0.25, 0.3) is 0 Å². The first-order chi connectivity index (χ1) is 10.1. The summed E-state index contributed by atoms with van der Waals surface area (Å²) in [6.45, 7) is 3.41. The van der Waals surface area contributed by atoms with Crippen molar-refractivity contribution in [1.82, 2.24) is 0 Å². The van der Waals surface area contributed by atoms with E-state index in [2.05, 4.69) is 6.92 Å². The first kappa shape index (κ1) is 14.1. The molecule has 3 aliphatic heterocycles. The Labute approximate surface area is 123 Å². The second-order valence-corrected chi connectivity index (χ2v) is 5.61. The molecular formula is C16H18O5.